The summed E-state index contributed by atoms with van der Waals surface area (Å²) in [5, 5.41) is 0. The lowest BCUT2D eigenvalue weighted by Gasteiger charge is -1.89. The SMILES string of the molecule is Cc1cccc2oc(-c3ccccc3)c[n+]12.[Br-]. The first-order chi connectivity index (χ1) is 7.84. The van der Waals surface area contributed by atoms with Crippen molar-refractivity contribution in [2.75, 3.05) is 0 Å². The smallest absolute Gasteiger partial charge is 0.379 e. The maximum Gasteiger partial charge on any atom is 0.379 e. The van der Waals surface area contributed by atoms with Gasteiger partial charge in [-0.2, -0.15) is 0 Å². The third-order valence-electron chi connectivity index (χ3n) is 2.71. The summed E-state index contributed by atoms with van der Waals surface area (Å²) in [5.74, 6) is 0.898. The lowest BCUT2D eigenvalue weighted by atomic mass is 10.2. The molecule has 17 heavy (non-hydrogen) atoms. The van der Waals surface area contributed by atoms with Crippen molar-refractivity contribution in [2.45, 2.75) is 6.92 Å². The third kappa shape index (κ3) is 2.11. The Morgan fingerprint density at radius 1 is 0.941 bits per heavy atom. The molecule has 3 rings (SSSR count). The van der Waals surface area contributed by atoms with Gasteiger partial charge in [0, 0.05) is 18.6 Å². The molecule has 0 spiro atoms. The fourth-order valence-corrected chi connectivity index (χ4v) is 1.84. The monoisotopic (exact) mass is 289 g/mol. The number of aromatic nitrogens is 1. The van der Waals surface area contributed by atoms with E-state index in [9.17, 15) is 0 Å². The summed E-state index contributed by atoms with van der Waals surface area (Å²) in [6, 6.07) is 16.2. The van der Waals surface area contributed by atoms with Gasteiger partial charge in [0.1, 0.15) is 0 Å². The van der Waals surface area contributed by atoms with E-state index in [4.69, 9.17) is 4.42 Å². The van der Waals surface area contributed by atoms with Crippen molar-refractivity contribution in [2.24, 2.45) is 0 Å². The number of fused-ring (bicyclic) bond motifs is 1. The van der Waals surface area contributed by atoms with Crippen LogP contribution in [0.1, 0.15) is 5.69 Å². The molecule has 1 aromatic carbocycles. The predicted octanol–water partition coefficient (Wildman–Crippen LogP) is -0.00228. The van der Waals surface area contributed by atoms with Gasteiger partial charge in [-0.3, -0.25) is 0 Å². The Balaban J connectivity index is 0.00000108. The molecule has 0 atom stereocenters. The van der Waals surface area contributed by atoms with Crippen LogP contribution in [-0.4, -0.2) is 0 Å². The molecular weight excluding hydrogens is 278 g/mol. The van der Waals surface area contributed by atoms with E-state index in [1.54, 1.807) is 0 Å². The van der Waals surface area contributed by atoms with Crippen molar-refractivity contribution in [1.82, 2.24) is 0 Å². The van der Waals surface area contributed by atoms with Crippen molar-refractivity contribution < 1.29 is 25.8 Å². The van der Waals surface area contributed by atoms with Crippen LogP contribution >= 0.6 is 0 Å². The van der Waals surface area contributed by atoms with E-state index in [2.05, 4.69) is 17.4 Å². The molecule has 0 aliphatic rings. The lowest BCUT2D eigenvalue weighted by Crippen LogP contribution is -3.00. The average Bonchev–Trinajstić information content (AvgIpc) is 2.76. The first-order valence-electron chi connectivity index (χ1n) is 5.31. The molecule has 3 aromatic rings. The van der Waals surface area contributed by atoms with Crippen LogP contribution in [0.2, 0.25) is 0 Å². The first kappa shape index (κ1) is 11.9. The van der Waals surface area contributed by atoms with E-state index in [1.165, 1.54) is 5.69 Å². The van der Waals surface area contributed by atoms with Gasteiger partial charge in [0.25, 0.3) is 0 Å². The van der Waals surface area contributed by atoms with Crippen LogP contribution < -0.4 is 21.4 Å². The molecule has 0 amide bonds. The van der Waals surface area contributed by atoms with Gasteiger partial charge in [-0.1, -0.05) is 30.3 Å². The zero-order valence-electron chi connectivity index (χ0n) is 9.43. The number of nitrogens with zero attached hydrogens (tertiary/aromatic N) is 1. The van der Waals surface area contributed by atoms with Gasteiger partial charge >= 0.3 is 5.71 Å². The van der Waals surface area contributed by atoms with Crippen molar-refractivity contribution >= 4 is 5.71 Å². The highest BCUT2D eigenvalue weighted by atomic mass is 79.9. The molecule has 0 bridgehead atoms. The van der Waals surface area contributed by atoms with Crippen molar-refractivity contribution in [1.29, 1.82) is 0 Å². The van der Waals surface area contributed by atoms with Gasteiger partial charge in [-0.25, -0.2) is 0 Å². The Hall–Kier alpha value is -1.61. The average molecular weight is 290 g/mol. The fourth-order valence-electron chi connectivity index (χ4n) is 1.84. The molecule has 0 saturated heterocycles. The summed E-state index contributed by atoms with van der Waals surface area (Å²) in [6.07, 6.45) is 2.03. The molecule has 0 N–H and O–H groups in total. The Labute approximate surface area is 110 Å². The first-order valence-corrected chi connectivity index (χ1v) is 5.31. The van der Waals surface area contributed by atoms with Crippen molar-refractivity contribution in [3.05, 3.63) is 60.4 Å². The fraction of sp³-hybridized carbons (Fsp3) is 0.0714. The van der Waals surface area contributed by atoms with E-state index in [-0.39, 0.29) is 17.0 Å². The summed E-state index contributed by atoms with van der Waals surface area (Å²) in [5.41, 5.74) is 3.15. The van der Waals surface area contributed by atoms with Gasteiger partial charge in [-0.05, 0) is 6.07 Å². The van der Waals surface area contributed by atoms with E-state index >= 15 is 0 Å². The number of halogens is 1. The van der Waals surface area contributed by atoms with E-state index in [1.807, 2.05) is 48.7 Å². The van der Waals surface area contributed by atoms with Gasteiger partial charge < -0.3 is 21.4 Å². The van der Waals surface area contributed by atoms with Crippen LogP contribution in [0.25, 0.3) is 17.0 Å². The second-order valence-corrected chi connectivity index (χ2v) is 3.84. The lowest BCUT2D eigenvalue weighted by molar-refractivity contribution is -0.521. The number of hydrogen-bond donors (Lipinski definition) is 0. The van der Waals surface area contributed by atoms with Crippen LogP contribution in [0.15, 0.2) is 59.1 Å². The molecule has 2 heterocycles. The molecule has 0 radical (unpaired) electrons. The third-order valence-corrected chi connectivity index (χ3v) is 2.71. The minimum absolute atomic E-state index is 0. The van der Waals surface area contributed by atoms with Crippen LogP contribution in [-0.2, 0) is 0 Å². The van der Waals surface area contributed by atoms with Crippen LogP contribution in [0, 0.1) is 6.92 Å². The second kappa shape index (κ2) is 4.72. The van der Waals surface area contributed by atoms with E-state index in [0.717, 1.165) is 17.0 Å². The highest BCUT2D eigenvalue weighted by Gasteiger charge is 2.14. The summed E-state index contributed by atoms with van der Waals surface area (Å²) >= 11 is 0. The summed E-state index contributed by atoms with van der Waals surface area (Å²) in [7, 11) is 0. The van der Waals surface area contributed by atoms with Crippen molar-refractivity contribution in [3.63, 3.8) is 0 Å². The number of benzene rings is 1. The molecule has 0 fully saturated rings. The molecule has 2 aromatic heterocycles. The minimum atomic E-state index is 0. The molecule has 0 aliphatic heterocycles. The highest BCUT2D eigenvalue weighted by molar-refractivity contribution is 5.56. The quantitative estimate of drug-likeness (QED) is 0.577. The molecule has 0 unspecified atom stereocenters. The second-order valence-electron chi connectivity index (χ2n) is 3.84. The van der Waals surface area contributed by atoms with Gasteiger partial charge in [0.15, 0.2) is 5.69 Å². The van der Waals surface area contributed by atoms with E-state index < -0.39 is 0 Å². The Bertz CT molecular complexity index is 631. The highest BCUT2D eigenvalue weighted by Crippen LogP contribution is 2.19. The number of pyridine rings is 1. The zero-order valence-corrected chi connectivity index (χ0v) is 11.0. The summed E-state index contributed by atoms with van der Waals surface area (Å²) in [4.78, 5) is 0. The van der Waals surface area contributed by atoms with E-state index in [0.29, 0.717) is 0 Å². The maximum atomic E-state index is 5.80. The molecule has 2 nitrogen and oxygen atoms in total. The van der Waals surface area contributed by atoms with Crippen LogP contribution in [0.3, 0.4) is 0 Å². The molecular formula is C14H12BrNO. The maximum absolute atomic E-state index is 5.80. The van der Waals surface area contributed by atoms with Gasteiger partial charge in [0.2, 0.25) is 12.0 Å². The molecule has 86 valence electrons. The minimum Gasteiger partial charge on any atom is -1.00 e. The Kier molecular flexibility index (Phi) is 3.29. The number of rotatable bonds is 1. The Morgan fingerprint density at radius 2 is 1.71 bits per heavy atom. The Morgan fingerprint density at radius 3 is 2.41 bits per heavy atom. The number of hydrogen-bond acceptors (Lipinski definition) is 1. The zero-order chi connectivity index (χ0) is 11.0. The van der Waals surface area contributed by atoms with Gasteiger partial charge in [-0.15, -0.1) is 4.40 Å². The standard InChI is InChI=1S/C14H12NO.BrH/c1-11-6-5-9-14-15(11)10-13(16-14)12-7-3-2-4-8-12;/h2-10H,1H3;1H/q+1;/p-1. The molecule has 0 aliphatic carbocycles. The number of aryl methyl sites for hydroxylation is 1. The normalized spacial score (nSPS) is 10.2. The van der Waals surface area contributed by atoms with Crippen LogP contribution in [0.5, 0.6) is 0 Å². The topological polar surface area (TPSA) is 17.2 Å². The largest absolute Gasteiger partial charge is 1.00 e. The molecule has 3 heteroatoms. The van der Waals surface area contributed by atoms with Crippen molar-refractivity contribution in [3.8, 4) is 11.3 Å². The summed E-state index contributed by atoms with van der Waals surface area (Å²) in [6.45, 7) is 2.07. The van der Waals surface area contributed by atoms with Gasteiger partial charge in [0.05, 0.1) is 6.07 Å². The van der Waals surface area contributed by atoms with Crippen LogP contribution in [0.4, 0.5) is 0 Å². The predicted molar refractivity (Wildman–Crippen MR) is 62.0 cm³/mol. The molecule has 0 saturated carbocycles. The summed E-state index contributed by atoms with van der Waals surface area (Å²) < 4.78 is 7.86. The number of oxazole rings is 1.